The summed E-state index contributed by atoms with van der Waals surface area (Å²) < 4.78 is 5.01. The second-order valence-electron chi connectivity index (χ2n) is 14.3. The van der Waals surface area contributed by atoms with Gasteiger partial charge in [0.1, 0.15) is 0 Å². The molecule has 0 nitrogen and oxygen atoms in total. The van der Waals surface area contributed by atoms with Crippen LogP contribution < -0.4 is 3.27 Å². The maximum absolute atomic E-state index is 2.81. The first kappa shape index (κ1) is 34.6. The molecule has 44 heavy (non-hydrogen) atoms. The van der Waals surface area contributed by atoms with E-state index in [1.165, 1.54) is 39.0 Å². The molecule has 0 N–H and O–H groups in total. The molecule has 0 amide bonds. The molecular formula is C41H46Cl2Zr. The van der Waals surface area contributed by atoms with Crippen molar-refractivity contribution >= 4 is 31.3 Å². The van der Waals surface area contributed by atoms with Gasteiger partial charge in [0.15, 0.2) is 0 Å². The number of hydrogen-bond donors (Lipinski definition) is 0. The van der Waals surface area contributed by atoms with Gasteiger partial charge in [-0.2, -0.15) is 0 Å². The Morgan fingerprint density at radius 2 is 1.27 bits per heavy atom. The fraction of sp³-hybridized carbons (Fsp3) is 0.293. The largest absolute Gasteiger partial charge is 0.147 e. The summed E-state index contributed by atoms with van der Waals surface area (Å²) >= 11 is -2.81. The SMILES string of the molecule is CC1=CC(C)[C]([Zr](=[C](c2ccccc2)c2ccccc2)[c]2c(C(C)(C)C)ccc3c2Cc2cc(C(C)(C)C)ccc2-3)=C1.Cl.Cl. The summed E-state index contributed by atoms with van der Waals surface area (Å²) in [6.45, 7) is 19.0. The Bertz CT molecular complexity index is 1720. The van der Waals surface area contributed by atoms with Crippen molar-refractivity contribution in [2.75, 3.05) is 0 Å². The van der Waals surface area contributed by atoms with Crippen LogP contribution >= 0.6 is 24.8 Å². The molecule has 2 aliphatic rings. The Morgan fingerprint density at radius 1 is 0.705 bits per heavy atom. The van der Waals surface area contributed by atoms with E-state index in [2.05, 4.69) is 159 Å². The standard InChI is InChI=1S/C21H25.C13H10.C7H9.2ClH.Zr/c1-20(2,3)16-7-9-18-14(12-16)11-15-13-17(21(4,5)6)8-10-19(15)18;1-3-7-12(8-4-1)11-13-9-5-2-6-10-13;1-6-3-4-7(2)5-6;;;/h7-10,12H,11H2,1-6H3;1-10H;3,5,7H,1-2H3;2*1H;. The van der Waals surface area contributed by atoms with Crippen molar-refractivity contribution in [3.05, 3.63) is 145 Å². The fourth-order valence-corrected chi connectivity index (χ4v) is 16.5. The quantitative estimate of drug-likeness (QED) is 0.175. The summed E-state index contributed by atoms with van der Waals surface area (Å²) in [5.41, 5.74) is 13.3. The Hall–Kier alpha value is -2.31. The molecule has 1 atom stereocenters. The van der Waals surface area contributed by atoms with Gasteiger partial charge in [-0.1, -0.05) is 0 Å². The van der Waals surface area contributed by atoms with Gasteiger partial charge in [-0.05, 0) is 0 Å². The molecule has 0 aliphatic heterocycles. The van der Waals surface area contributed by atoms with Gasteiger partial charge in [0, 0.05) is 0 Å². The minimum Gasteiger partial charge on any atom is -0.147 e. The smallest absolute Gasteiger partial charge is 0.147 e. The van der Waals surface area contributed by atoms with Crippen LogP contribution in [0.25, 0.3) is 11.1 Å². The van der Waals surface area contributed by atoms with Crippen LogP contribution in [0.15, 0.2) is 112 Å². The maximum atomic E-state index is 2.57. The molecule has 228 valence electrons. The van der Waals surface area contributed by atoms with E-state index in [-0.39, 0.29) is 35.6 Å². The van der Waals surface area contributed by atoms with Gasteiger partial charge >= 0.3 is 263 Å². The molecule has 2 aliphatic carbocycles. The van der Waals surface area contributed by atoms with Crippen LogP contribution in [0, 0.1) is 5.92 Å². The molecule has 0 saturated heterocycles. The summed E-state index contributed by atoms with van der Waals surface area (Å²) in [5, 5.41) is 0. The van der Waals surface area contributed by atoms with Crippen molar-refractivity contribution in [2.45, 2.75) is 72.6 Å². The monoisotopic (exact) mass is 698 g/mol. The minimum absolute atomic E-state index is 0. The zero-order chi connectivity index (χ0) is 29.8. The van der Waals surface area contributed by atoms with Crippen molar-refractivity contribution < 1.29 is 21.3 Å². The van der Waals surface area contributed by atoms with Crippen molar-refractivity contribution in [3.8, 4) is 11.1 Å². The van der Waals surface area contributed by atoms with Gasteiger partial charge in [-0.15, -0.1) is 24.8 Å². The molecule has 0 spiro atoms. The Morgan fingerprint density at radius 3 is 1.77 bits per heavy atom. The predicted octanol–water partition coefficient (Wildman–Crippen LogP) is 10.7. The summed E-state index contributed by atoms with van der Waals surface area (Å²) in [6.07, 6.45) is 6.09. The summed E-state index contributed by atoms with van der Waals surface area (Å²) in [6, 6.07) is 34.8. The molecule has 4 aromatic carbocycles. The third-order valence-electron chi connectivity index (χ3n) is 9.05. The Balaban J connectivity index is 0.00000221. The molecule has 1 unspecified atom stereocenters. The first-order valence-corrected chi connectivity index (χ1v) is 19.2. The summed E-state index contributed by atoms with van der Waals surface area (Å²) in [5.74, 6) is 0.460. The molecule has 0 aromatic heterocycles. The second-order valence-corrected chi connectivity index (χ2v) is 20.1. The Kier molecular flexibility index (Phi) is 10.4. The number of halogens is 2. The number of benzene rings is 4. The van der Waals surface area contributed by atoms with E-state index in [1.54, 1.807) is 20.9 Å². The third-order valence-corrected chi connectivity index (χ3v) is 17.2. The molecule has 0 radical (unpaired) electrons. The molecule has 0 heterocycles. The number of hydrogen-bond acceptors (Lipinski definition) is 0. The molecule has 3 heteroatoms. The topological polar surface area (TPSA) is 0 Å². The minimum atomic E-state index is -2.81. The predicted molar refractivity (Wildman–Crippen MR) is 193 cm³/mol. The molecule has 0 saturated carbocycles. The van der Waals surface area contributed by atoms with Gasteiger partial charge in [0.2, 0.25) is 0 Å². The van der Waals surface area contributed by atoms with Crippen LogP contribution in [0.2, 0.25) is 0 Å². The average Bonchev–Trinajstić information content (AvgIpc) is 3.49. The number of allylic oxidation sites excluding steroid dienone is 4. The van der Waals surface area contributed by atoms with Crippen molar-refractivity contribution in [1.82, 2.24) is 0 Å². The van der Waals surface area contributed by atoms with Gasteiger partial charge in [-0.3, -0.25) is 0 Å². The number of rotatable bonds is 4. The van der Waals surface area contributed by atoms with E-state index < -0.39 is 21.3 Å². The van der Waals surface area contributed by atoms with Crippen molar-refractivity contribution in [2.24, 2.45) is 5.92 Å². The molecule has 0 fully saturated rings. The Labute approximate surface area is 285 Å². The molecule has 6 rings (SSSR count). The van der Waals surface area contributed by atoms with E-state index in [1.807, 2.05) is 0 Å². The average molecular weight is 701 g/mol. The van der Waals surface area contributed by atoms with Crippen LogP contribution in [-0.2, 0) is 38.5 Å². The van der Waals surface area contributed by atoms with Crippen LogP contribution in [0.1, 0.15) is 88.8 Å². The van der Waals surface area contributed by atoms with Crippen molar-refractivity contribution in [1.29, 1.82) is 0 Å². The van der Waals surface area contributed by atoms with Gasteiger partial charge in [-0.25, -0.2) is 0 Å². The summed E-state index contributed by atoms with van der Waals surface area (Å²) in [7, 11) is 0. The van der Waals surface area contributed by atoms with E-state index in [9.17, 15) is 0 Å². The van der Waals surface area contributed by atoms with E-state index >= 15 is 0 Å². The second kappa shape index (κ2) is 13.2. The van der Waals surface area contributed by atoms with Crippen LogP contribution in [0.4, 0.5) is 0 Å². The molecule has 0 bridgehead atoms. The van der Waals surface area contributed by atoms with Gasteiger partial charge < -0.3 is 0 Å². The maximum Gasteiger partial charge on any atom is -0.147 e. The zero-order valence-corrected chi connectivity index (χ0v) is 31.5. The molecular weight excluding hydrogens is 655 g/mol. The van der Waals surface area contributed by atoms with Crippen LogP contribution in [-0.4, -0.2) is 3.21 Å². The fourth-order valence-electron chi connectivity index (χ4n) is 6.94. The van der Waals surface area contributed by atoms with Gasteiger partial charge in [0.05, 0.1) is 0 Å². The molecule has 4 aromatic rings. The third kappa shape index (κ3) is 6.49. The van der Waals surface area contributed by atoms with Crippen LogP contribution in [0.5, 0.6) is 0 Å². The first-order valence-electron chi connectivity index (χ1n) is 15.5. The van der Waals surface area contributed by atoms with Crippen LogP contribution in [0.3, 0.4) is 0 Å². The van der Waals surface area contributed by atoms with Crippen molar-refractivity contribution in [3.63, 3.8) is 0 Å². The van der Waals surface area contributed by atoms with E-state index in [4.69, 9.17) is 0 Å². The normalized spacial score (nSPS) is 15.3. The zero-order valence-electron chi connectivity index (χ0n) is 27.4. The summed E-state index contributed by atoms with van der Waals surface area (Å²) in [4.78, 5) is 0. The number of fused-ring (bicyclic) bond motifs is 3. The van der Waals surface area contributed by atoms with E-state index in [0.29, 0.717) is 5.92 Å². The first-order chi connectivity index (χ1) is 19.9. The van der Waals surface area contributed by atoms with Gasteiger partial charge in [0.25, 0.3) is 0 Å². The van der Waals surface area contributed by atoms with E-state index in [0.717, 1.165) is 6.42 Å².